The van der Waals surface area contributed by atoms with Crippen molar-refractivity contribution in [2.24, 2.45) is 17.8 Å². The number of rotatable bonds is 3. The molecule has 0 aromatic heterocycles. The fourth-order valence-corrected chi connectivity index (χ4v) is 4.26. The molecule has 2 aliphatic heterocycles. The first-order valence-corrected chi connectivity index (χ1v) is 8.78. The largest absolute Gasteiger partial charge is 0.396 e. The molecule has 0 bridgehead atoms. The molecule has 2 atom stereocenters. The highest BCUT2D eigenvalue weighted by Crippen LogP contribution is 2.32. The molecule has 1 aromatic carbocycles. The van der Waals surface area contributed by atoms with E-state index >= 15 is 0 Å². The van der Waals surface area contributed by atoms with Crippen molar-refractivity contribution in [3.05, 3.63) is 34.9 Å². The van der Waals surface area contributed by atoms with Gasteiger partial charge >= 0.3 is 0 Å². The van der Waals surface area contributed by atoms with Crippen molar-refractivity contribution in [1.29, 1.82) is 0 Å². The van der Waals surface area contributed by atoms with E-state index in [9.17, 15) is 9.90 Å². The molecule has 2 aliphatic rings. The number of likely N-dealkylation sites (tertiary alicyclic amines) is 1. The van der Waals surface area contributed by atoms with Gasteiger partial charge in [-0.15, -0.1) is 0 Å². The molecule has 0 saturated carbocycles. The van der Waals surface area contributed by atoms with Crippen molar-refractivity contribution in [1.82, 2.24) is 10.2 Å². The van der Waals surface area contributed by atoms with Crippen LogP contribution in [0.25, 0.3) is 0 Å². The summed E-state index contributed by atoms with van der Waals surface area (Å²) in [6, 6.07) is 6.06. The molecular formula is C19H28N2O2. The van der Waals surface area contributed by atoms with Gasteiger partial charge in [0.2, 0.25) is 0 Å². The Morgan fingerprint density at radius 3 is 2.65 bits per heavy atom. The summed E-state index contributed by atoms with van der Waals surface area (Å²) in [5, 5.41) is 12.9. The van der Waals surface area contributed by atoms with E-state index in [4.69, 9.17) is 0 Å². The number of hydrogen-bond acceptors (Lipinski definition) is 3. The van der Waals surface area contributed by atoms with E-state index < -0.39 is 0 Å². The van der Waals surface area contributed by atoms with Crippen LogP contribution >= 0.6 is 0 Å². The zero-order valence-corrected chi connectivity index (χ0v) is 14.2. The lowest BCUT2D eigenvalue weighted by Crippen LogP contribution is -2.41. The average Bonchev–Trinajstić information content (AvgIpc) is 3.03. The summed E-state index contributed by atoms with van der Waals surface area (Å²) in [7, 11) is 0. The molecule has 3 rings (SSSR count). The first-order chi connectivity index (χ1) is 11.1. The maximum absolute atomic E-state index is 12.8. The van der Waals surface area contributed by atoms with Crippen LogP contribution in [0, 0.1) is 31.6 Å². The Hall–Kier alpha value is -1.39. The van der Waals surface area contributed by atoms with Gasteiger partial charge in [0.1, 0.15) is 0 Å². The predicted molar refractivity (Wildman–Crippen MR) is 91.5 cm³/mol. The highest BCUT2D eigenvalue weighted by Gasteiger charge is 2.35. The highest BCUT2D eigenvalue weighted by molar-refractivity contribution is 5.95. The van der Waals surface area contributed by atoms with Crippen LogP contribution in [0.2, 0.25) is 0 Å². The number of aliphatic hydroxyl groups excluding tert-OH is 1. The summed E-state index contributed by atoms with van der Waals surface area (Å²) in [5.41, 5.74) is 3.10. The Bertz CT molecular complexity index is 564. The SMILES string of the molecule is Cc1ccc(C(=O)N2CCC([C@@H]3CNC[C@H]3CO)CC2)c(C)c1. The third kappa shape index (κ3) is 3.43. The average molecular weight is 316 g/mol. The topological polar surface area (TPSA) is 52.6 Å². The summed E-state index contributed by atoms with van der Waals surface area (Å²) < 4.78 is 0. The first-order valence-electron chi connectivity index (χ1n) is 8.78. The van der Waals surface area contributed by atoms with Crippen LogP contribution in [0.1, 0.15) is 34.3 Å². The van der Waals surface area contributed by atoms with E-state index in [0.717, 1.165) is 50.1 Å². The number of nitrogens with one attached hydrogen (secondary N) is 1. The fraction of sp³-hybridized carbons (Fsp3) is 0.632. The van der Waals surface area contributed by atoms with E-state index in [1.807, 2.05) is 24.0 Å². The van der Waals surface area contributed by atoms with Gasteiger partial charge in [0.15, 0.2) is 0 Å². The molecule has 2 saturated heterocycles. The molecule has 0 unspecified atom stereocenters. The summed E-state index contributed by atoms with van der Waals surface area (Å²) >= 11 is 0. The van der Waals surface area contributed by atoms with Crippen molar-refractivity contribution in [3.8, 4) is 0 Å². The number of aryl methyl sites for hydroxylation is 2. The summed E-state index contributed by atoms with van der Waals surface area (Å²) in [5.74, 6) is 1.76. The minimum atomic E-state index is 0.171. The van der Waals surface area contributed by atoms with Crippen LogP contribution in [0.5, 0.6) is 0 Å². The number of benzene rings is 1. The lowest BCUT2D eigenvalue weighted by molar-refractivity contribution is 0.0625. The van der Waals surface area contributed by atoms with Crippen LogP contribution in [-0.4, -0.2) is 48.7 Å². The monoisotopic (exact) mass is 316 g/mol. The molecule has 1 aromatic rings. The van der Waals surface area contributed by atoms with Gasteiger partial charge < -0.3 is 15.3 Å². The van der Waals surface area contributed by atoms with Gasteiger partial charge in [-0.2, -0.15) is 0 Å². The molecule has 0 spiro atoms. The summed E-state index contributed by atoms with van der Waals surface area (Å²) in [6.07, 6.45) is 2.11. The minimum Gasteiger partial charge on any atom is -0.396 e. The zero-order valence-electron chi connectivity index (χ0n) is 14.2. The molecule has 0 radical (unpaired) electrons. The Morgan fingerprint density at radius 1 is 1.26 bits per heavy atom. The van der Waals surface area contributed by atoms with Crippen LogP contribution in [0.15, 0.2) is 18.2 Å². The van der Waals surface area contributed by atoms with Gasteiger partial charge in [0.25, 0.3) is 5.91 Å². The number of nitrogens with zero attached hydrogens (tertiary/aromatic N) is 1. The number of amides is 1. The number of hydrogen-bond donors (Lipinski definition) is 2. The second kappa shape index (κ2) is 7.02. The van der Waals surface area contributed by atoms with Gasteiger partial charge in [-0.25, -0.2) is 0 Å². The van der Waals surface area contributed by atoms with Gasteiger partial charge in [-0.05, 0) is 62.6 Å². The second-order valence-corrected chi connectivity index (χ2v) is 7.21. The predicted octanol–water partition coefficient (Wildman–Crippen LogP) is 1.98. The molecule has 2 N–H and O–H groups in total. The standard InChI is InChI=1S/C19H28N2O2/c1-13-3-4-17(14(2)9-13)19(23)21-7-5-15(6-8-21)18-11-20-10-16(18)12-22/h3-4,9,15-16,18,20,22H,5-8,10-12H2,1-2H3/t16-,18-/m0/s1. The third-order valence-electron chi connectivity index (χ3n) is 5.67. The second-order valence-electron chi connectivity index (χ2n) is 7.21. The van der Waals surface area contributed by atoms with Crippen molar-refractivity contribution < 1.29 is 9.90 Å². The number of aliphatic hydroxyl groups is 1. The fourth-order valence-electron chi connectivity index (χ4n) is 4.26. The van der Waals surface area contributed by atoms with Crippen LogP contribution in [0.4, 0.5) is 0 Å². The molecule has 2 fully saturated rings. The van der Waals surface area contributed by atoms with E-state index in [1.54, 1.807) is 0 Å². The molecule has 23 heavy (non-hydrogen) atoms. The summed E-state index contributed by atoms with van der Waals surface area (Å²) in [4.78, 5) is 14.8. The molecule has 4 nitrogen and oxygen atoms in total. The maximum Gasteiger partial charge on any atom is 0.254 e. The van der Waals surface area contributed by atoms with Crippen molar-refractivity contribution in [3.63, 3.8) is 0 Å². The number of carbonyl (C=O) groups is 1. The van der Waals surface area contributed by atoms with Crippen molar-refractivity contribution in [2.75, 3.05) is 32.8 Å². The Balaban J connectivity index is 1.61. The lowest BCUT2D eigenvalue weighted by atomic mass is 9.78. The zero-order chi connectivity index (χ0) is 16.4. The Labute approximate surface area is 138 Å². The third-order valence-corrected chi connectivity index (χ3v) is 5.67. The molecule has 4 heteroatoms. The van der Waals surface area contributed by atoms with E-state index in [0.29, 0.717) is 17.8 Å². The van der Waals surface area contributed by atoms with E-state index in [1.165, 1.54) is 5.56 Å². The quantitative estimate of drug-likeness (QED) is 0.896. The van der Waals surface area contributed by atoms with Crippen molar-refractivity contribution >= 4 is 5.91 Å². The van der Waals surface area contributed by atoms with Crippen LogP contribution in [-0.2, 0) is 0 Å². The molecule has 2 heterocycles. The molecule has 1 amide bonds. The van der Waals surface area contributed by atoms with Crippen LogP contribution < -0.4 is 5.32 Å². The maximum atomic E-state index is 12.8. The summed E-state index contributed by atoms with van der Waals surface area (Å²) in [6.45, 7) is 7.98. The van der Waals surface area contributed by atoms with Gasteiger partial charge in [-0.1, -0.05) is 17.7 Å². The number of carbonyl (C=O) groups excluding carboxylic acids is 1. The van der Waals surface area contributed by atoms with Gasteiger partial charge in [0, 0.05) is 31.8 Å². The van der Waals surface area contributed by atoms with Gasteiger partial charge in [-0.3, -0.25) is 4.79 Å². The normalized spacial score (nSPS) is 25.8. The smallest absolute Gasteiger partial charge is 0.254 e. The molecule has 0 aliphatic carbocycles. The van der Waals surface area contributed by atoms with Crippen LogP contribution in [0.3, 0.4) is 0 Å². The minimum absolute atomic E-state index is 0.171. The Kier molecular flexibility index (Phi) is 5.02. The lowest BCUT2D eigenvalue weighted by Gasteiger charge is -2.36. The number of piperidine rings is 1. The van der Waals surface area contributed by atoms with E-state index in [2.05, 4.69) is 18.3 Å². The molecule has 126 valence electrons. The first kappa shape index (κ1) is 16.5. The van der Waals surface area contributed by atoms with E-state index in [-0.39, 0.29) is 12.5 Å². The Morgan fingerprint density at radius 2 is 2.00 bits per heavy atom. The van der Waals surface area contributed by atoms with Gasteiger partial charge in [0.05, 0.1) is 0 Å². The molecular weight excluding hydrogens is 288 g/mol. The van der Waals surface area contributed by atoms with Crippen molar-refractivity contribution in [2.45, 2.75) is 26.7 Å². The highest BCUT2D eigenvalue weighted by atomic mass is 16.3.